The molecule has 0 radical (unpaired) electrons. The van der Waals surface area contributed by atoms with E-state index >= 15 is 0 Å². The third kappa shape index (κ3) is 5.77. The van der Waals surface area contributed by atoms with Crippen LogP contribution in [-0.4, -0.2) is 27.0 Å². The molecule has 0 aliphatic carbocycles. The number of aromatic nitrogens is 2. The Labute approximate surface area is 223 Å². The molecule has 0 aliphatic heterocycles. The van der Waals surface area contributed by atoms with Gasteiger partial charge in [-0.05, 0) is 29.0 Å². The largest absolute Gasteiger partial charge is 1.00 e. The number of carbonyl (C=O) groups is 2. The number of pyridine rings is 1. The number of anilines is 1. The van der Waals surface area contributed by atoms with Crippen LogP contribution in [0, 0.1) is 0 Å². The number of amides is 1. The molecule has 1 aromatic carbocycles. The summed E-state index contributed by atoms with van der Waals surface area (Å²) in [7, 11) is 0. The van der Waals surface area contributed by atoms with Gasteiger partial charge in [0.05, 0.1) is 23.4 Å². The number of hydrogen-bond acceptors (Lipinski definition) is 6. The Hall–Kier alpha value is -2.36. The van der Waals surface area contributed by atoms with Gasteiger partial charge in [0, 0.05) is 28.2 Å². The normalized spacial score (nSPS) is 10.6. The second-order valence-corrected chi connectivity index (χ2v) is 9.36. The molecule has 1 amide bonds. The Kier molecular flexibility index (Phi) is 8.56. The number of hydrogen-bond donors (Lipinski definition) is 1. The number of carboxylic acid groups (broad SMARTS) is 1. The number of aromatic carboxylic acids is 1. The Balaban J connectivity index is 0.00000204. The Bertz CT molecular complexity index is 1240. The molecule has 3 aromatic heterocycles. The van der Waals surface area contributed by atoms with Crippen molar-refractivity contribution in [1.29, 1.82) is 0 Å². The maximum atomic E-state index is 13.5. The van der Waals surface area contributed by atoms with Crippen LogP contribution >= 0.6 is 22.7 Å². The van der Waals surface area contributed by atoms with E-state index in [-0.39, 0.29) is 42.1 Å². The number of nitrogens with zero attached hydrogens (tertiary/aromatic N) is 3. The Morgan fingerprint density at radius 2 is 1.85 bits per heavy atom. The third-order valence-electron chi connectivity index (χ3n) is 5.02. The fraction of sp³-hybridized carbons (Fsp3) is 0.167. The minimum absolute atomic E-state index is 0. The van der Waals surface area contributed by atoms with Crippen molar-refractivity contribution in [1.82, 2.24) is 9.97 Å². The molecule has 4 aromatic rings. The van der Waals surface area contributed by atoms with Crippen LogP contribution < -0.4 is 34.5 Å². The van der Waals surface area contributed by atoms with E-state index in [4.69, 9.17) is 4.98 Å². The van der Waals surface area contributed by atoms with Crippen LogP contribution in [0.15, 0.2) is 65.6 Å². The van der Waals surface area contributed by atoms with Crippen molar-refractivity contribution in [2.75, 3.05) is 4.90 Å². The zero-order chi connectivity index (χ0) is 22.7. The Morgan fingerprint density at radius 3 is 2.48 bits per heavy atom. The molecule has 164 valence electrons. The fourth-order valence-corrected chi connectivity index (χ4v) is 4.77. The number of thiazole rings is 1. The van der Waals surface area contributed by atoms with Gasteiger partial charge in [0.1, 0.15) is 0 Å². The van der Waals surface area contributed by atoms with E-state index in [9.17, 15) is 14.7 Å². The monoisotopic (exact) mass is 487 g/mol. The molecule has 6 nitrogen and oxygen atoms in total. The van der Waals surface area contributed by atoms with E-state index in [0.29, 0.717) is 17.6 Å². The van der Waals surface area contributed by atoms with Crippen LogP contribution in [0.2, 0.25) is 0 Å². The van der Waals surface area contributed by atoms with Crippen LogP contribution in [0.3, 0.4) is 0 Å². The van der Waals surface area contributed by atoms with Crippen molar-refractivity contribution in [3.05, 3.63) is 87.2 Å². The molecule has 0 bridgehead atoms. The molecule has 0 atom stereocenters. The third-order valence-corrected chi connectivity index (χ3v) is 6.74. The minimum Gasteiger partial charge on any atom is -1.00 e. The zero-order valence-electron chi connectivity index (χ0n) is 19.6. The summed E-state index contributed by atoms with van der Waals surface area (Å²) in [5.41, 5.74) is 2.94. The van der Waals surface area contributed by atoms with Gasteiger partial charge in [0.2, 0.25) is 0 Å². The van der Waals surface area contributed by atoms with Crippen LogP contribution in [0.5, 0.6) is 0 Å². The van der Waals surface area contributed by atoms with E-state index in [1.165, 1.54) is 51.6 Å². The Morgan fingerprint density at radius 1 is 1.09 bits per heavy atom. The van der Waals surface area contributed by atoms with Gasteiger partial charge in [-0.15, -0.1) is 22.7 Å². The van der Waals surface area contributed by atoms with E-state index in [1.54, 1.807) is 0 Å². The SMILES string of the molecule is CC(C)c1ccc(-c2csc(N(Cc3cccs3)C(=O)c3cnccc3C(=O)O)n2)cc1.[H-].[Na+]. The summed E-state index contributed by atoms with van der Waals surface area (Å²) in [6, 6.07) is 13.4. The van der Waals surface area contributed by atoms with Gasteiger partial charge in [-0.25, -0.2) is 9.78 Å². The van der Waals surface area contributed by atoms with Gasteiger partial charge >= 0.3 is 35.5 Å². The molecule has 4 rings (SSSR count). The standard InChI is InChI=1S/C24H21N3O3S2.Na.H/c1-15(2)16-5-7-17(8-6-16)21-14-32-24(26-21)27(13-18-4-3-11-31-18)22(28)20-12-25-10-9-19(20)23(29)30;;/h3-12,14-15H,13H2,1-2H3,(H,29,30);;/q;+1;-1. The van der Waals surface area contributed by atoms with E-state index in [0.717, 1.165) is 16.1 Å². The van der Waals surface area contributed by atoms with Crippen molar-refractivity contribution < 1.29 is 45.7 Å². The quantitative estimate of drug-likeness (QED) is 0.405. The summed E-state index contributed by atoms with van der Waals surface area (Å²) in [4.78, 5) is 36.3. The number of carboxylic acids is 1. The number of thiophene rings is 1. The molecule has 0 spiro atoms. The summed E-state index contributed by atoms with van der Waals surface area (Å²) in [5, 5.41) is 13.9. The van der Waals surface area contributed by atoms with Crippen LogP contribution in [-0.2, 0) is 6.54 Å². The predicted molar refractivity (Wildman–Crippen MR) is 129 cm³/mol. The van der Waals surface area contributed by atoms with Gasteiger partial charge in [-0.3, -0.25) is 14.7 Å². The van der Waals surface area contributed by atoms with Crippen molar-refractivity contribution in [3.8, 4) is 11.3 Å². The molecule has 0 saturated carbocycles. The molecular formula is C24H22N3NaO3S2. The summed E-state index contributed by atoms with van der Waals surface area (Å²) >= 11 is 2.88. The molecule has 9 heteroatoms. The van der Waals surface area contributed by atoms with Gasteiger partial charge in [-0.1, -0.05) is 44.2 Å². The first kappa shape index (κ1) is 25.3. The zero-order valence-corrected chi connectivity index (χ0v) is 22.2. The molecule has 0 unspecified atom stereocenters. The summed E-state index contributed by atoms with van der Waals surface area (Å²) in [6.07, 6.45) is 2.67. The number of rotatable bonds is 7. The van der Waals surface area contributed by atoms with Crippen LogP contribution in [0.4, 0.5) is 5.13 Å². The van der Waals surface area contributed by atoms with E-state index in [1.807, 2.05) is 35.0 Å². The minimum atomic E-state index is -1.17. The molecule has 33 heavy (non-hydrogen) atoms. The summed E-state index contributed by atoms with van der Waals surface area (Å²) in [6.45, 7) is 4.59. The van der Waals surface area contributed by atoms with E-state index < -0.39 is 11.9 Å². The van der Waals surface area contributed by atoms with Crippen molar-refractivity contribution in [2.45, 2.75) is 26.3 Å². The first-order valence-corrected chi connectivity index (χ1v) is 11.8. The topological polar surface area (TPSA) is 83.4 Å². The average Bonchev–Trinajstić information content (AvgIpc) is 3.49. The van der Waals surface area contributed by atoms with Crippen LogP contribution in [0.1, 0.15) is 52.3 Å². The molecule has 0 saturated heterocycles. The molecular weight excluding hydrogens is 465 g/mol. The fourth-order valence-electron chi connectivity index (χ4n) is 3.24. The first-order valence-electron chi connectivity index (χ1n) is 10.0. The smallest absolute Gasteiger partial charge is 1.00 e. The predicted octanol–water partition coefficient (Wildman–Crippen LogP) is 3.05. The number of carbonyl (C=O) groups excluding carboxylic acids is 1. The van der Waals surface area contributed by atoms with Crippen molar-refractivity contribution in [2.24, 2.45) is 0 Å². The molecule has 3 heterocycles. The molecule has 1 N–H and O–H groups in total. The number of benzene rings is 1. The molecule has 0 fully saturated rings. The first-order chi connectivity index (χ1) is 15.4. The molecule has 0 aliphatic rings. The van der Waals surface area contributed by atoms with Gasteiger partial charge in [-0.2, -0.15) is 0 Å². The van der Waals surface area contributed by atoms with Gasteiger partial charge in [0.15, 0.2) is 5.13 Å². The van der Waals surface area contributed by atoms with Gasteiger partial charge < -0.3 is 6.53 Å². The second kappa shape index (κ2) is 11.2. The summed E-state index contributed by atoms with van der Waals surface area (Å²) < 4.78 is 0. The van der Waals surface area contributed by atoms with E-state index in [2.05, 4.69) is 31.0 Å². The summed E-state index contributed by atoms with van der Waals surface area (Å²) in [5.74, 6) is -1.17. The van der Waals surface area contributed by atoms with Crippen molar-refractivity contribution in [3.63, 3.8) is 0 Å². The van der Waals surface area contributed by atoms with Crippen LogP contribution in [0.25, 0.3) is 11.3 Å². The van der Waals surface area contributed by atoms with Gasteiger partial charge in [0.25, 0.3) is 5.91 Å². The second-order valence-electron chi connectivity index (χ2n) is 7.49. The maximum Gasteiger partial charge on any atom is 1.00 e. The average molecular weight is 488 g/mol. The maximum absolute atomic E-state index is 13.5. The van der Waals surface area contributed by atoms with Crippen molar-refractivity contribution >= 4 is 39.7 Å².